The van der Waals surface area contributed by atoms with Crippen LogP contribution in [0.15, 0.2) is 28.7 Å². The van der Waals surface area contributed by atoms with Gasteiger partial charge in [0, 0.05) is 22.8 Å². The number of carbonyl (C=O) groups excluding carboxylic acids is 1. The molecule has 0 saturated carbocycles. The summed E-state index contributed by atoms with van der Waals surface area (Å²) >= 11 is 0.631. The van der Waals surface area contributed by atoms with Crippen LogP contribution in [0.25, 0.3) is 0 Å². The number of pyridine rings is 1. The predicted octanol–water partition coefficient (Wildman–Crippen LogP) is 3.32. The van der Waals surface area contributed by atoms with E-state index in [4.69, 9.17) is 0 Å². The van der Waals surface area contributed by atoms with E-state index in [9.17, 15) is 18.0 Å². The third kappa shape index (κ3) is 5.30. The van der Waals surface area contributed by atoms with Crippen molar-refractivity contribution in [1.82, 2.24) is 15.3 Å². The first-order valence-electron chi connectivity index (χ1n) is 6.22. The number of nitrogens with one attached hydrogen (secondary N) is 1. The van der Waals surface area contributed by atoms with Gasteiger partial charge < -0.3 is 5.32 Å². The quantitative estimate of drug-likeness (QED) is 0.843. The highest BCUT2D eigenvalue weighted by Gasteiger charge is 2.31. The van der Waals surface area contributed by atoms with Crippen LogP contribution >= 0.6 is 23.1 Å². The molecule has 4 nitrogen and oxygen atoms in total. The molecule has 0 aliphatic carbocycles. The van der Waals surface area contributed by atoms with Crippen molar-refractivity contribution in [1.29, 1.82) is 0 Å². The molecule has 2 aromatic heterocycles. The zero-order valence-corrected chi connectivity index (χ0v) is 13.1. The molecule has 2 heterocycles. The Morgan fingerprint density at radius 3 is 2.82 bits per heavy atom. The maximum absolute atomic E-state index is 12.3. The van der Waals surface area contributed by atoms with Gasteiger partial charge in [-0.1, -0.05) is 6.07 Å². The third-order valence-electron chi connectivity index (χ3n) is 2.59. The van der Waals surface area contributed by atoms with E-state index in [2.05, 4.69) is 15.3 Å². The molecule has 0 aliphatic rings. The van der Waals surface area contributed by atoms with E-state index >= 15 is 0 Å². The average Bonchev–Trinajstić information content (AvgIpc) is 2.75. The van der Waals surface area contributed by atoms with E-state index in [1.54, 1.807) is 25.3 Å². The van der Waals surface area contributed by atoms with Crippen molar-refractivity contribution < 1.29 is 18.0 Å². The maximum atomic E-state index is 12.3. The molecule has 0 aromatic carbocycles. The fourth-order valence-electron chi connectivity index (χ4n) is 1.61. The highest BCUT2D eigenvalue weighted by Crippen LogP contribution is 2.39. The molecule has 0 spiro atoms. The molecular formula is C13H12F3N3OS2. The Morgan fingerprint density at radius 2 is 2.18 bits per heavy atom. The minimum Gasteiger partial charge on any atom is -0.350 e. The second-order valence-corrected chi connectivity index (χ2v) is 6.71. The van der Waals surface area contributed by atoms with Crippen LogP contribution in [-0.4, -0.2) is 21.4 Å². The van der Waals surface area contributed by atoms with Gasteiger partial charge in [-0.3, -0.25) is 9.78 Å². The number of nitrogens with zero attached hydrogens (tertiary/aromatic N) is 2. The molecule has 0 unspecified atom stereocenters. The number of rotatable bonds is 5. The summed E-state index contributed by atoms with van der Waals surface area (Å²) in [5, 5.41) is 2.68. The molecule has 0 radical (unpaired) electrons. The summed E-state index contributed by atoms with van der Waals surface area (Å²) in [4.78, 5) is 20.3. The molecule has 2 aromatic rings. The fraction of sp³-hybridized carbons (Fsp3) is 0.308. The normalized spacial score (nSPS) is 11.5. The lowest BCUT2D eigenvalue weighted by molar-refractivity contribution is -0.120. The third-order valence-corrected chi connectivity index (χ3v) is 4.54. The van der Waals surface area contributed by atoms with Gasteiger partial charge in [-0.25, -0.2) is 4.98 Å². The van der Waals surface area contributed by atoms with Gasteiger partial charge in [-0.05, 0) is 19.1 Å². The molecule has 2 rings (SSSR count). The van der Waals surface area contributed by atoms with E-state index in [0.717, 1.165) is 11.3 Å². The Bertz CT molecular complexity index is 644. The van der Waals surface area contributed by atoms with E-state index in [1.165, 1.54) is 0 Å². The Hall–Kier alpha value is -1.61. The Kier molecular flexibility index (Phi) is 5.41. The van der Waals surface area contributed by atoms with Crippen molar-refractivity contribution >= 4 is 29.0 Å². The molecule has 0 bridgehead atoms. The molecule has 0 aliphatic heterocycles. The number of carbonyl (C=O) groups is 1. The van der Waals surface area contributed by atoms with Crippen LogP contribution in [0.1, 0.15) is 16.3 Å². The molecule has 9 heteroatoms. The number of amides is 1. The molecule has 22 heavy (non-hydrogen) atoms. The fourth-order valence-corrected chi connectivity index (χ4v) is 3.53. The van der Waals surface area contributed by atoms with Gasteiger partial charge in [-0.15, -0.1) is 11.3 Å². The summed E-state index contributed by atoms with van der Waals surface area (Å²) in [6, 6.07) is 5.35. The lowest BCUT2D eigenvalue weighted by Crippen LogP contribution is -2.24. The van der Waals surface area contributed by atoms with Gasteiger partial charge >= 0.3 is 5.51 Å². The highest BCUT2D eigenvalue weighted by atomic mass is 32.2. The molecule has 118 valence electrons. The van der Waals surface area contributed by atoms with Gasteiger partial charge in [0.1, 0.15) is 0 Å². The summed E-state index contributed by atoms with van der Waals surface area (Å²) in [7, 11) is 0. The van der Waals surface area contributed by atoms with E-state index in [0.29, 0.717) is 16.3 Å². The van der Waals surface area contributed by atoms with Crippen LogP contribution in [0.3, 0.4) is 0 Å². The number of aryl methyl sites for hydroxylation is 1. The first kappa shape index (κ1) is 16.8. The lowest BCUT2D eigenvalue weighted by atomic mass is 10.3. The van der Waals surface area contributed by atoms with Crippen LogP contribution in [0.4, 0.5) is 13.2 Å². The minimum atomic E-state index is -4.37. The van der Waals surface area contributed by atoms with E-state index in [-0.39, 0.29) is 35.0 Å². The van der Waals surface area contributed by atoms with Crippen molar-refractivity contribution in [3.63, 3.8) is 0 Å². The highest BCUT2D eigenvalue weighted by molar-refractivity contribution is 8.01. The number of halogens is 3. The van der Waals surface area contributed by atoms with Crippen molar-refractivity contribution in [2.24, 2.45) is 0 Å². The van der Waals surface area contributed by atoms with Crippen molar-refractivity contribution in [2.75, 3.05) is 0 Å². The largest absolute Gasteiger partial charge is 0.448 e. The van der Waals surface area contributed by atoms with Gasteiger partial charge in [0.05, 0.1) is 24.4 Å². The van der Waals surface area contributed by atoms with Gasteiger partial charge in [0.15, 0.2) is 4.34 Å². The SMILES string of the molecule is Cc1nc(SC(F)(F)F)sc1CC(=O)NCc1ccccn1. The summed E-state index contributed by atoms with van der Waals surface area (Å²) in [5.74, 6) is -0.277. The topological polar surface area (TPSA) is 54.9 Å². The van der Waals surface area contributed by atoms with Crippen LogP contribution < -0.4 is 5.32 Å². The van der Waals surface area contributed by atoms with E-state index < -0.39 is 5.51 Å². The van der Waals surface area contributed by atoms with Crippen LogP contribution in [0.5, 0.6) is 0 Å². The average molecular weight is 347 g/mol. The molecule has 1 N–H and O–H groups in total. The van der Waals surface area contributed by atoms with Crippen LogP contribution in [-0.2, 0) is 17.8 Å². The number of thiazole rings is 1. The predicted molar refractivity (Wildman–Crippen MR) is 78.6 cm³/mol. The van der Waals surface area contributed by atoms with Crippen molar-refractivity contribution in [2.45, 2.75) is 29.7 Å². The number of aromatic nitrogens is 2. The number of hydrogen-bond acceptors (Lipinski definition) is 5. The molecule has 0 saturated heterocycles. The molecular weight excluding hydrogens is 335 g/mol. The standard InChI is InChI=1S/C13H12F3N3OS2/c1-8-10(21-12(19-8)22-13(14,15)16)6-11(20)18-7-9-4-2-3-5-17-9/h2-5H,6-7H2,1H3,(H,18,20). The maximum Gasteiger partial charge on any atom is 0.448 e. The lowest BCUT2D eigenvalue weighted by Gasteiger charge is -2.03. The first-order valence-corrected chi connectivity index (χ1v) is 7.85. The zero-order valence-electron chi connectivity index (χ0n) is 11.5. The van der Waals surface area contributed by atoms with Crippen LogP contribution in [0.2, 0.25) is 0 Å². The smallest absolute Gasteiger partial charge is 0.350 e. The van der Waals surface area contributed by atoms with Crippen molar-refractivity contribution in [3.8, 4) is 0 Å². The Morgan fingerprint density at radius 1 is 1.41 bits per heavy atom. The minimum absolute atomic E-state index is 0.00868. The Labute approximate surface area is 133 Å². The summed E-state index contributed by atoms with van der Waals surface area (Å²) in [6.45, 7) is 1.87. The number of hydrogen-bond donors (Lipinski definition) is 1. The first-order chi connectivity index (χ1) is 10.3. The van der Waals surface area contributed by atoms with Gasteiger partial charge in [0.25, 0.3) is 0 Å². The zero-order chi connectivity index (χ0) is 16.2. The molecule has 1 amide bonds. The summed E-state index contributed by atoms with van der Waals surface area (Å²) < 4.78 is 36.8. The monoisotopic (exact) mass is 347 g/mol. The molecule has 0 fully saturated rings. The van der Waals surface area contributed by atoms with Gasteiger partial charge in [-0.2, -0.15) is 13.2 Å². The van der Waals surface area contributed by atoms with Crippen molar-refractivity contribution in [3.05, 3.63) is 40.7 Å². The van der Waals surface area contributed by atoms with E-state index in [1.807, 2.05) is 6.07 Å². The molecule has 0 atom stereocenters. The summed E-state index contributed by atoms with van der Waals surface area (Å²) in [5.41, 5.74) is -3.21. The second kappa shape index (κ2) is 7.10. The van der Waals surface area contributed by atoms with Gasteiger partial charge in [0.2, 0.25) is 5.91 Å². The second-order valence-electron chi connectivity index (χ2n) is 4.31. The van der Waals surface area contributed by atoms with Crippen LogP contribution in [0, 0.1) is 6.92 Å². The summed E-state index contributed by atoms with van der Waals surface area (Å²) in [6.07, 6.45) is 1.63. The number of alkyl halides is 3. The Balaban J connectivity index is 1.91. The number of thioether (sulfide) groups is 1.